The van der Waals surface area contributed by atoms with Gasteiger partial charge in [-0.05, 0) is 12.1 Å². The summed E-state index contributed by atoms with van der Waals surface area (Å²) in [6.45, 7) is 4.28. The highest BCUT2D eigenvalue weighted by Crippen LogP contribution is 2.25. The molecular weight excluding hydrogens is 361 g/mol. The van der Waals surface area contributed by atoms with Gasteiger partial charge in [0.15, 0.2) is 17.4 Å². The first-order valence-corrected chi connectivity index (χ1v) is 9.55. The summed E-state index contributed by atoms with van der Waals surface area (Å²) in [4.78, 5) is 4.58. The van der Waals surface area contributed by atoms with Crippen molar-refractivity contribution in [3.05, 3.63) is 52.0 Å². The van der Waals surface area contributed by atoms with Gasteiger partial charge in [-0.15, -0.1) is 21.5 Å². The number of halogens is 1. The second-order valence-corrected chi connectivity index (χ2v) is 7.44. The molecule has 1 aromatic carbocycles. The van der Waals surface area contributed by atoms with Crippen molar-refractivity contribution in [1.29, 1.82) is 0 Å². The first-order valence-electron chi connectivity index (χ1n) is 7.68. The molecule has 0 atom stereocenters. The zero-order valence-corrected chi connectivity index (χ0v) is 15.5. The van der Waals surface area contributed by atoms with Crippen molar-refractivity contribution in [2.24, 2.45) is 0 Å². The molecule has 132 valence electrons. The van der Waals surface area contributed by atoms with E-state index in [4.69, 9.17) is 10.6 Å². The Morgan fingerprint density at radius 2 is 2.12 bits per heavy atom. The maximum atomic E-state index is 13.6. The Morgan fingerprint density at radius 1 is 1.32 bits per heavy atom. The van der Waals surface area contributed by atoms with E-state index >= 15 is 0 Å². The van der Waals surface area contributed by atoms with Crippen molar-refractivity contribution in [3.63, 3.8) is 0 Å². The van der Waals surface area contributed by atoms with Gasteiger partial charge >= 0.3 is 0 Å². The van der Waals surface area contributed by atoms with Gasteiger partial charge < -0.3 is 10.6 Å². The average molecular weight is 379 g/mol. The van der Waals surface area contributed by atoms with Crippen LogP contribution in [-0.4, -0.2) is 19.9 Å². The summed E-state index contributed by atoms with van der Waals surface area (Å²) >= 11 is 3.10. The molecule has 0 bridgehead atoms. The molecule has 0 aliphatic heterocycles. The van der Waals surface area contributed by atoms with E-state index in [9.17, 15) is 4.39 Å². The summed E-state index contributed by atoms with van der Waals surface area (Å²) in [5, 5.41) is 11.8. The lowest BCUT2D eigenvalue weighted by molar-refractivity contribution is 0.277. The maximum Gasteiger partial charge on any atom is 0.210 e. The Labute approximate surface area is 153 Å². The zero-order valence-electron chi connectivity index (χ0n) is 13.8. The van der Waals surface area contributed by atoms with Crippen LogP contribution in [0, 0.1) is 5.82 Å². The molecule has 0 radical (unpaired) electrons. The monoisotopic (exact) mass is 379 g/mol. The van der Waals surface area contributed by atoms with Crippen LogP contribution >= 0.6 is 23.1 Å². The van der Waals surface area contributed by atoms with E-state index in [2.05, 4.69) is 29.0 Å². The van der Waals surface area contributed by atoms with Crippen LogP contribution in [-0.2, 0) is 12.4 Å². The fourth-order valence-electron chi connectivity index (χ4n) is 2.00. The molecule has 0 spiro atoms. The minimum atomic E-state index is -0.426. The molecule has 2 aromatic heterocycles. The van der Waals surface area contributed by atoms with Crippen molar-refractivity contribution in [1.82, 2.24) is 19.9 Å². The van der Waals surface area contributed by atoms with Crippen LogP contribution in [0.3, 0.4) is 0 Å². The molecule has 0 aliphatic rings. The molecule has 2 heterocycles. The molecule has 0 saturated carbocycles. The van der Waals surface area contributed by atoms with Crippen LogP contribution in [0.25, 0.3) is 0 Å². The van der Waals surface area contributed by atoms with Crippen molar-refractivity contribution >= 4 is 23.1 Å². The van der Waals surface area contributed by atoms with Gasteiger partial charge in [-0.1, -0.05) is 37.7 Å². The predicted molar refractivity (Wildman–Crippen MR) is 96.7 cm³/mol. The van der Waals surface area contributed by atoms with Gasteiger partial charge in [-0.2, -0.15) is 0 Å². The number of rotatable bonds is 7. The first kappa shape index (κ1) is 17.7. The average Bonchev–Trinajstić information content (AvgIpc) is 3.20. The second kappa shape index (κ2) is 7.83. The van der Waals surface area contributed by atoms with Crippen molar-refractivity contribution in [2.45, 2.75) is 37.3 Å². The quantitative estimate of drug-likeness (QED) is 0.499. The summed E-state index contributed by atoms with van der Waals surface area (Å²) in [5.41, 5.74) is 0.992. The third-order valence-corrected chi connectivity index (χ3v) is 5.51. The lowest BCUT2D eigenvalue weighted by Crippen LogP contribution is -2.16. The van der Waals surface area contributed by atoms with Crippen LogP contribution in [0.4, 0.5) is 4.39 Å². The second-order valence-electron chi connectivity index (χ2n) is 5.61. The number of nitrogen functional groups attached to an aromatic ring is 1. The number of hydrogen-bond donors (Lipinski definition) is 1. The minimum Gasteiger partial charge on any atom is -0.482 e. The topological polar surface area (TPSA) is 78.9 Å². The van der Waals surface area contributed by atoms with Crippen LogP contribution in [0.2, 0.25) is 0 Å². The Kier molecular flexibility index (Phi) is 5.54. The smallest absolute Gasteiger partial charge is 0.210 e. The molecular formula is C16H18FN5OS2. The normalized spacial score (nSPS) is 11.2. The molecule has 0 saturated heterocycles. The van der Waals surface area contributed by atoms with Crippen molar-refractivity contribution < 1.29 is 9.13 Å². The third-order valence-electron chi connectivity index (χ3n) is 3.34. The number of ether oxygens (including phenoxy) is 1. The first-order chi connectivity index (χ1) is 12.0. The van der Waals surface area contributed by atoms with Crippen molar-refractivity contribution in [2.75, 3.05) is 5.84 Å². The standard InChI is InChI=1S/C16H18FN5OS2/c1-10(2)15-19-11(8-24-15)9-25-16-21-20-14(22(16)18)7-23-13-6-4-3-5-12(13)17/h3-6,8,10H,7,9,18H2,1-2H3. The molecule has 0 fully saturated rings. The van der Waals surface area contributed by atoms with Gasteiger partial charge in [0.25, 0.3) is 0 Å². The highest BCUT2D eigenvalue weighted by atomic mass is 32.2. The molecule has 3 rings (SSSR count). The van der Waals surface area contributed by atoms with Gasteiger partial charge in [0.05, 0.1) is 10.7 Å². The van der Waals surface area contributed by atoms with Gasteiger partial charge in [-0.25, -0.2) is 14.1 Å². The largest absolute Gasteiger partial charge is 0.482 e. The van der Waals surface area contributed by atoms with Gasteiger partial charge in [0.2, 0.25) is 5.16 Å². The number of benzene rings is 1. The molecule has 0 unspecified atom stereocenters. The molecule has 2 N–H and O–H groups in total. The number of nitrogens with two attached hydrogens (primary N) is 1. The van der Waals surface area contributed by atoms with Crippen molar-refractivity contribution in [3.8, 4) is 5.75 Å². The van der Waals surface area contributed by atoms with Crippen LogP contribution < -0.4 is 10.6 Å². The van der Waals surface area contributed by atoms with E-state index in [1.165, 1.54) is 22.5 Å². The number of thioether (sulfide) groups is 1. The highest BCUT2D eigenvalue weighted by Gasteiger charge is 2.13. The molecule has 25 heavy (non-hydrogen) atoms. The number of thiazole rings is 1. The van der Waals surface area contributed by atoms with E-state index in [1.54, 1.807) is 29.5 Å². The van der Waals surface area contributed by atoms with Crippen LogP contribution in [0.5, 0.6) is 5.75 Å². The minimum absolute atomic E-state index is 0.0409. The SMILES string of the molecule is CC(C)c1nc(CSc2nnc(COc3ccccc3F)n2N)cs1. The number of hydrogen-bond acceptors (Lipinski definition) is 7. The highest BCUT2D eigenvalue weighted by molar-refractivity contribution is 7.98. The van der Waals surface area contributed by atoms with Gasteiger partial charge in [0, 0.05) is 17.1 Å². The zero-order chi connectivity index (χ0) is 17.8. The molecule has 6 nitrogen and oxygen atoms in total. The molecule has 0 aliphatic carbocycles. The van der Waals surface area contributed by atoms with Crippen LogP contribution in [0.1, 0.15) is 36.3 Å². The van der Waals surface area contributed by atoms with Gasteiger partial charge in [0.1, 0.15) is 6.61 Å². The summed E-state index contributed by atoms with van der Waals surface area (Å²) in [7, 11) is 0. The van der Waals surface area contributed by atoms with E-state index in [0.717, 1.165) is 10.7 Å². The fraction of sp³-hybridized carbons (Fsp3) is 0.312. The predicted octanol–water partition coefficient (Wildman–Crippen LogP) is 3.58. The van der Waals surface area contributed by atoms with E-state index < -0.39 is 5.82 Å². The Morgan fingerprint density at radius 3 is 2.84 bits per heavy atom. The van der Waals surface area contributed by atoms with Gasteiger partial charge in [-0.3, -0.25) is 0 Å². The fourth-order valence-corrected chi connectivity index (χ4v) is 3.71. The summed E-state index contributed by atoms with van der Waals surface area (Å²) in [6, 6.07) is 6.19. The number of aromatic nitrogens is 4. The summed E-state index contributed by atoms with van der Waals surface area (Å²) < 4.78 is 20.3. The maximum absolute atomic E-state index is 13.6. The van der Waals surface area contributed by atoms with E-state index in [1.807, 2.05) is 5.38 Å². The van der Waals surface area contributed by atoms with E-state index in [-0.39, 0.29) is 12.4 Å². The van der Waals surface area contributed by atoms with E-state index in [0.29, 0.717) is 22.7 Å². The molecule has 3 aromatic rings. The Hall–Kier alpha value is -2.13. The van der Waals surface area contributed by atoms with Crippen LogP contribution in [0.15, 0.2) is 34.8 Å². The Bertz CT molecular complexity index is 849. The third kappa shape index (κ3) is 4.29. The molecule has 9 heteroatoms. The summed E-state index contributed by atoms with van der Waals surface area (Å²) in [6.07, 6.45) is 0. The lowest BCUT2D eigenvalue weighted by Gasteiger charge is -2.06. The summed E-state index contributed by atoms with van der Waals surface area (Å²) in [5.74, 6) is 7.24. The number of para-hydroxylation sites is 1. The molecule has 0 amide bonds. The number of nitrogens with zero attached hydrogens (tertiary/aromatic N) is 4. The lowest BCUT2D eigenvalue weighted by atomic mass is 10.2. The Balaban J connectivity index is 1.59.